The number of rotatable bonds is 7. The Morgan fingerprint density at radius 2 is 0.827 bits per heavy atom. The van der Waals surface area contributed by atoms with Crippen molar-refractivity contribution in [1.82, 2.24) is 0 Å². The molecule has 0 heterocycles. The summed E-state index contributed by atoms with van der Waals surface area (Å²) in [6, 6.07) is 72.8. The van der Waals surface area contributed by atoms with Gasteiger partial charge in [-0.2, -0.15) is 0 Å². The molecule has 8 aromatic carbocycles. The van der Waals surface area contributed by atoms with E-state index in [2.05, 4.69) is 219 Å². The number of anilines is 3. The van der Waals surface area contributed by atoms with Crippen LogP contribution in [0.1, 0.15) is 25.0 Å². The minimum Gasteiger partial charge on any atom is -0.310 e. The van der Waals surface area contributed by atoms with Crippen LogP contribution in [0, 0.1) is 0 Å². The summed E-state index contributed by atoms with van der Waals surface area (Å²) in [5.74, 6) is 0. The molecule has 0 N–H and O–H groups in total. The van der Waals surface area contributed by atoms with Crippen molar-refractivity contribution in [2.45, 2.75) is 19.3 Å². The maximum absolute atomic E-state index is 2.45. The molecule has 9 rings (SSSR count). The van der Waals surface area contributed by atoms with Crippen LogP contribution >= 0.6 is 0 Å². The summed E-state index contributed by atoms with van der Waals surface area (Å²) in [4.78, 5) is 2.45. The number of fused-ring (bicyclic) bond motifs is 3. The van der Waals surface area contributed by atoms with Gasteiger partial charge in [0.05, 0.1) is 5.69 Å². The van der Waals surface area contributed by atoms with Crippen molar-refractivity contribution in [1.29, 1.82) is 0 Å². The molecular weight excluding hydrogens is 627 g/mol. The maximum Gasteiger partial charge on any atom is 0.0546 e. The fourth-order valence-electron chi connectivity index (χ4n) is 8.15. The monoisotopic (exact) mass is 665 g/mol. The molecule has 52 heavy (non-hydrogen) atoms. The zero-order valence-corrected chi connectivity index (χ0v) is 29.5. The number of benzene rings is 8. The average Bonchev–Trinajstić information content (AvgIpc) is 3.45. The van der Waals surface area contributed by atoms with Crippen LogP contribution in [0.3, 0.4) is 0 Å². The topological polar surface area (TPSA) is 3.24 Å². The maximum atomic E-state index is 2.45. The third-order valence-corrected chi connectivity index (χ3v) is 10.7. The van der Waals surface area contributed by atoms with E-state index >= 15 is 0 Å². The smallest absolute Gasteiger partial charge is 0.0546 e. The summed E-state index contributed by atoms with van der Waals surface area (Å²) in [6.07, 6.45) is 0. The highest BCUT2D eigenvalue weighted by molar-refractivity contribution is 6.03. The van der Waals surface area contributed by atoms with Gasteiger partial charge in [0, 0.05) is 22.4 Å². The Morgan fingerprint density at radius 1 is 0.327 bits per heavy atom. The molecule has 0 saturated heterocycles. The fourth-order valence-corrected chi connectivity index (χ4v) is 8.15. The Morgan fingerprint density at radius 3 is 1.54 bits per heavy atom. The Labute approximate surface area is 307 Å². The van der Waals surface area contributed by atoms with E-state index in [1.807, 2.05) is 0 Å². The number of hydrogen-bond acceptors (Lipinski definition) is 1. The van der Waals surface area contributed by atoms with Crippen molar-refractivity contribution < 1.29 is 0 Å². The molecule has 8 aromatic rings. The van der Waals surface area contributed by atoms with Crippen LogP contribution in [-0.2, 0) is 5.41 Å². The molecule has 0 saturated carbocycles. The minimum atomic E-state index is -0.110. The van der Waals surface area contributed by atoms with Crippen LogP contribution in [-0.4, -0.2) is 0 Å². The highest BCUT2D eigenvalue weighted by Gasteiger charge is 2.37. The summed E-state index contributed by atoms with van der Waals surface area (Å²) in [5.41, 5.74) is 18.3. The summed E-state index contributed by atoms with van der Waals surface area (Å²) in [7, 11) is 0. The Kier molecular flexibility index (Phi) is 7.90. The number of nitrogens with zero attached hydrogens (tertiary/aromatic N) is 1. The molecule has 0 spiro atoms. The lowest BCUT2D eigenvalue weighted by Crippen LogP contribution is -2.15. The highest BCUT2D eigenvalue weighted by Crippen LogP contribution is 2.55. The van der Waals surface area contributed by atoms with Crippen molar-refractivity contribution in [2.24, 2.45) is 0 Å². The number of hydrogen-bond donors (Lipinski definition) is 0. The molecule has 0 aromatic heterocycles. The third-order valence-electron chi connectivity index (χ3n) is 10.7. The first-order valence-electron chi connectivity index (χ1n) is 18.1. The van der Waals surface area contributed by atoms with Gasteiger partial charge < -0.3 is 4.90 Å². The van der Waals surface area contributed by atoms with Crippen molar-refractivity contribution in [3.8, 4) is 55.6 Å². The molecule has 0 atom stereocenters. The van der Waals surface area contributed by atoms with Gasteiger partial charge in [0.2, 0.25) is 0 Å². The van der Waals surface area contributed by atoms with Gasteiger partial charge in [-0.3, -0.25) is 0 Å². The lowest BCUT2D eigenvalue weighted by molar-refractivity contribution is 0.660. The van der Waals surface area contributed by atoms with Crippen LogP contribution in [0.15, 0.2) is 200 Å². The van der Waals surface area contributed by atoms with Gasteiger partial charge in [0.1, 0.15) is 0 Å². The van der Waals surface area contributed by atoms with Gasteiger partial charge in [0.15, 0.2) is 0 Å². The minimum absolute atomic E-state index is 0.110. The van der Waals surface area contributed by atoms with Gasteiger partial charge >= 0.3 is 0 Å². The van der Waals surface area contributed by atoms with E-state index in [1.54, 1.807) is 0 Å². The first kappa shape index (κ1) is 31.5. The fraction of sp³-hybridized carbons (Fsp3) is 0.0588. The Hall–Kier alpha value is -6.44. The van der Waals surface area contributed by atoms with Crippen molar-refractivity contribution in [2.75, 3.05) is 4.90 Å². The van der Waals surface area contributed by atoms with Crippen molar-refractivity contribution >= 4 is 17.1 Å². The lowest BCUT2D eigenvalue weighted by atomic mass is 9.81. The largest absolute Gasteiger partial charge is 0.310 e. The van der Waals surface area contributed by atoms with Crippen LogP contribution in [0.4, 0.5) is 17.1 Å². The predicted octanol–water partition coefficient (Wildman–Crippen LogP) is 14.1. The highest BCUT2D eigenvalue weighted by atomic mass is 15.1. The van der Waals surface area contributed by atoms with Gasteiger partial charge in [-0.15, -0.1) is 0 Å². The molecule has 1 nitrogen and oxygen atoms in total. The summed E-state index contributed by atoms with van der Waals surface area (Å²) in [6.45, 7) is 4.72. The summed E-state index contributed by atoms with van der Waals surface area (Å²) < 4.78 is 0. The van der Waals surface area contributed by atoms with Gasteiger partial charge in [-0.05, 0) is 91.5 Å². The van der Waals surface area contributed by atoms with E-state index in [-0.39, 0.29) is 5.41 Å². The second-order valence-electron chi connectivity index (χ2n) is 14.1. The SMILES string of the molecule is CC1(C)c2ccccc2-c2c(-c3c(-c4ccccc4)cccc3N(c3ccc(-c4ccccc4)cc3)c3cccc(-c4ccccc4)c3)cccc21. The van der Waals surface area contributed by atoms with Crippen molar-refractivity contribution in [3.63, 3.8) is 0 Å². The normalized spacial score (nSPS) is 12.6. The standard InChI is InChI=1S/C51H39N/c1-51(2)46-28-13-12-25-44(46)49-45(27-15-29-47(49)51)50-43(39-21-10-5-11-22-39)26-16-30-48(50)52(41-33-31-38(32-34-41)36-17-6-3-7-18-36)42-24-14-23-40(35-42)37-19-8-4-9-20-37/h3-35H,1-2H3. The van der Waals surface area contributed by atoms with E-state index in [4.69, 9.17) is 0 Å². The van der Waals surface area contributed by atoms with Crippen LogP contribution in [0.25, 0.3) is 55.6 Å². The second kappa shape index (κ2) is 13.0. The van der Waals surface area contributed by atoms with E-state index in [0.29, 0.717) is 0 Å². The average molecular weight is 666 g/mol. The van der Waals surface area contributed by atoms with Gasteiger partial charge in [0.25, 0.3) is 0 Å². The Balaban J connectivity index is 1.33. The van der Waals surface area contributed by atoms with Gasteiger partial charge in [-0.1, -0.05) is 184 Å². The third kappa shape index (κ3) is 5.43. The van der Waals surface area contributed by atoms with Crippen molar-refractivity contribution in [3.05, 3.63) is 211 Å². The van der Waals surface area contributed by atoms with E-state index in [9.17, 15) is 0 Å². The summed E-state index contributed by atoms with van der Waals surface area (Å²) >= 11 is 0. The van der Waals surface area contributed by atoms with Crippen LogP contribution in [0.5, 0.6) is 0 Å². The zero-order chi connectivity index (χ0) is 35.1. The van der Waals surface area contributed by atoms with Gasteiger partial charge in [-0.25, -0.2) is 0 Å². The molecule has 0 bridgehead atoms. The molecule has 1 aliphatic rings. The summed E-state index contributed by atoms with van der Waals surface area (Å²) in [5, 5.41) is 0. The quantitative estimate of drug-likeness (QED) is 0.164. The second-order valence-corrected chi connectivity index (χ2v) is 14.1. The molecule has 1 heteroatoms. The lowest BCUT2D eigenvalue weighted by Gasteiger charge is -2.30. The molecule has 0 radical (unpaired) electrons. The molecule has 248 valence electrons. The van der Waals surface area contributed by atoms with Crippen LogP contribution in [0.2, 0.25) is 0 Å². The first-order chi connectivity index (χ1) is 25.6. The Bertz CT molecular complexity index is 2510. The van der Waals surface area contributed by atoms with E-state index in [0.717, 1.165) is 17.1 Å². The molecular formula is C51H39N. The van der Waals surface area contributed by atoms with E-state index in [1.165, 1.54) is 66.8 Å². The van der Waals surface area contributed by atoms with Crippen LogP contribution < -0.4 is 4.90 Å². The zero-order valence-electron chi connectivity index (χ0n) is 29.5. The predicted molar refractivity (Wildman–Crippen MR) is 220 cm³/mol. The molecule has 0 fully saturated rings. The molecule has 0 aliphatic heterocycles. The van der Waals surface area contributed by atoms with E-state index < -0.39 is 0 Å². The molecule has 0 amide bonds. The molecule has 1 aliphatic carbocycles. The first-order valence-corrected chi connectivity index (χ1v) is 18.1. The molecule has 0 unspecified atom stereocenters.